The molecule has 4 aromatic carbocycles. The van der Waals surface area contributed by atoms with Crippen LogP contribution in [0.3, 0.4) is 0 Å². The largest absolute Gasteiger partial charge is 0.361 e. The van der Waals surface area contributed by atoms with Gasteiger partial charge in [0.1, 0.15) is 0 Å². The van der Waals surface area contributed by atoms with Gasteiger partial charge in [0.2, 0.25) is 0 Å². The van der Waals surface area contributed by atoms with Gasteiger partial charge < -0.3 is 4.98 Å². The van der Waals surface area contributed by atoms with Gasteiger partial charge in [0.25, 0.3) is 0 Å². The summed E-state index contributed by atoms with van der Waals surface area (Å²) in [7, 11) is 0. The molecule has 0 atom stereocenters. The van der Waals surface area contributed by atoms with E-state index in [1.54, 1.807) is 0 Å². The van der Waals surface area contributed by atoms with Crippen molar-refractivity contribution in [2.75, 3.05) is 0 Å². The first-order valence-corrected chi connectivity index (χ1v) is 10.5. The van der Waals surface area contributed by atoms with Crippen LogP contribution >= 0.6 is 0 Å². The normalized spacial score (nSPS) is 14.3. The first-order chi connectivity index (χ1) is 14.9. The maximum atomic E-state index is 3.36. The highest BCUT2D eigenvalue weighted by molar-refractivity contribution is 5.95. The van der Waals surface area contributed by atoms with Gasteiger partial charge in [-0.2, -0.15) is 0 Å². The molecule has 7 rings (SSSR count). The molecular weight excluding hydrogens is 362 g/mol. The van der Waals surface area contributed by atoms with Crippen LogP contribution in [0.1, 0.15) is 22.3 Å². The van der Waals surface area contributed by atoms with Gasteiger partial charge in [0, 0.05) is 11.9 Å². The van der Waals surface area contributed by atoms with Gasteiger partial charge in [-0.05, 0) is 68.3 Å². The molecule has 1 heteroatoms. The molecule has 1 nitrogen and oxygen atoms in total. The first kappa shape index (κ1) is 16.0. The van der Waals surface area contributed by atoms with Crippen molar-refractivity contribution < 1.29 is 0 Å². The Balaban J connectivity index is 1.64. The smallest absolute Gasteiger partial charge is 0.0725 e. The van der Waals surface area contributed by atoms with E-state index in [1.165, 1.54) is 50.1 Å². The van der Waals surface area contributed by atoms with E-state index in [0.29, 0.717) is 0 Å². The fraction of sp³-hybridized carbons (Fsp3) is 0.0345. The second-order valence-corrected chi connectivity index (χ2v) is 8.23. The van der Waals surface area contributed by atoms with Crippen LogP contribution in [0.15, 0.2) is 109 Å². The number of aromatic amines is 1. The van der Waals surface area contributed by atoms with Crippen molar-refractivity contribution in [3.05, 3.63) is 132 Å². The average Bonchev–Trinajstić information content (AvgIpc) is 3.51. The zero-order valence-corrected chi connectivity index (χ0v) is 16.4. The summed E-state index contributed by atoms with van der Waals surface area (Å²) in [5, 5.41) is 0. The predicted molar refractivity (Wildman–Crippen MR) is 123 cm³/mol. The molecule has 2 aliphatic rings. The van der Waals surface area contributed by atoms with E-state index < -0.39 is 0 Å². The van der Waals surface area contributed by atoms with E-state index in [0.717, 1.165) is 5.69 Å². The second-order valence-electron chi connectivity index (χ2n) is 8.23. The van der Waals surface area contributed by atoms with Crippen LogP contribution in [0.2, 0.25) is 0 Å². The molecule has 140 valence electrons. The lowest BCUT2D eigenvalue weighted by molar-refractivity contribution is 0.794. The van der Waals surface area contributed by atoms with E-state index in [9.17, 15) is 0 Å². The molecule has 1 heterocycles. The van der Waals surface area contributed by atoms with Crippen molar-refractivity contribution in [1.29, 1.82) is 0 Å². The van der Waals surface area contributed by atoms with Crippen molar-refractivity contribution in [3.8, 4) is 33.5 Å². The van der Waals surface area contributed by atoms with Crippen LogP contribution in [0.4, 0.5) is 0 Å². The van der Waals surface area contributed by atoms with Crippen molar-refractivity contribution in [3.63, 3.8) is 0 Å². The predicted octanol–water partition coefficient (Wildman–Crippen LogP) is 7.03. The van der Waals surface area contributed by atoms with E-state index >= 15 is 0 Å². The molecule has 0 saturated carbocycles. The molecular formula is C29H19N. The molecule has 0 amide bonds. The van der Waals surface area contributed by atoms with E-state index in [2.05, 4.69) is 108 Å². The quantitative estimate of drug-likeness (QED) is 0.314. The Labute approximate surface area is 175 Å². The molecule has 1 spiro atoms. The zero-order valence-electron chi connectivity index (χ0n) is 16.4. The van der Waals surface area contributed by atoms with Crippen LogP contribution in [0, 0.1) is 0 Å². The average molecular weight is 381 g/mol. The zero-order chi connectivity index (χ0) is 19.7. The number of aromatic nitrogens is 1. The summed E-state index contributed by atoms with van der Waals surface area (Å²) in [6, 6.07) is 38.0. The summed E-state index contributed by atoms with van der Waals surface area (Å²) in [6.45, 7) is 0. The van der Waals surface area contributed by atoms with Gasteiger partial charge in [-0.25, -0.2) is 0 Å². The molecule has 0 aliphatic heterocycles. The Bertz CT molecular complexity index is 1390. The Morgan fingerprint density at radius 3 is 1.57 bits per heavy atom. The third kappa shape index (κ3) is 1.79. The molecule has 5 aromatic rings. The van der Waals surface area contributed by atoms with Crippen molar-refractivity contribution in [2.45, 2.75) is 5.41 Å². The lowest BCUT2D eigenvalue weighted by atomic mass is 9.70. The van der Waals surface area contributed by atoms with Crippen molar-refractivity contribution >= 4 is 0 Å². The number of hydrogen-bond donors (Lipinski definition) is 1. The van der Waals surface area contributed by atoms with Crippen LogP contribution in [-0.2, 0) is 5.41 Å². The number of H-pyrrole nitrogens is 1. The summed E-state index contributed by atoms with van der Waals surface area (Å²) < 4.78 is 0. The summed E-state index contributed by atoms with van der Waals surface area (Å²) in [6.07, 6.45) is 1.99. The Kier molecular flexibility index (Phi) is 2.99. The van der Waals surface area contributed by atoms with E-state index in [1.807, 2.05) is 6.20 Å². The molecule has 0 fully saturated rings. The number of hydrogen-bond acceptors (Lipinski definition) is 0. The Morgan fingerprint density at radius 2 is 1.00 bits per heavy atom. The highest BCUT2D eigenvalue weighted by Crippen LogP contribution is 2.62. The SMILES string of the molecule is c1c[nH]c(-c2ccc3c(c2)-c2ccccc2C32c3ccccc3-c3ccccc32)c1. The van der Waals surface area contributed by atoms with Gasteiger partial charge in [-0.1, -0.05) is 84.9 Å². The standard InChI is InChI=1S/C29H19N/c1-4-11-24-20(8-1)21-9-2-5-12-25(21)29(24)26-13-6-3-10-22(26)23-18-19(15-16-27(23)29)28-14-7-17-30-28/h1-18,30H. The van der Waals surface area contributed by atoms with Gasteiger partial charge in [0.05, 0.1) is 5.41 Å². The summed E-state index contributed by atoms with van der Waals surface area (Å²) in [5.41, 5.74) is 13.1. The fourth-order valence-electron chi connectivity index (χ4n) is 5.78. The van der Waals surface area contributed by atoms with Crippen LogP contribution in [0.25, 0.3) is 33.5 Å². The summed E-state index contributed by atoms with van der Waals surface area (Å²) in [5.74, 6) is 0. The third-order valence-electron chi connectivity index (χ3n) is 6.91. The van der Waals surface area contributed by atoms with E-state index in [-0.39, 0.29) is 5.41 Å². The first-order valence-electron chi connectivity index (χ1n) is 10.5. The van der Waals surface area contributed by atoms with E-state index in [4.69, 9.17) is 0 Å². The fourth-order valence-corrected chi connectivity index (χ4v) is 5.78. The minimum Gasteiger partial charge on any atom is -0.361 e. The molecule has 30 heavy (non-hydrogen) atoms. The topological polar surface area (TPSA) is 15.8 Å². The van der Waals surface area contributed by atoms with Gasteiger partial charge in [-0.15, -0.1) is 0 Å². The van der Waals surface area contributed by atoms with Gasteiger partial charge >= 0.3 is 0 Å². The van der Waals surface area contributed by atoms with Crippen molar-refractivity contribution in [1.82, 2.24) is 4.98 Å². The maximum Gasteiger partial charge on any atom is 0.0725 e. The highest BCUT2D eigenvalue weighted by atomic mass is 14.7. The second kappa shape index (κ2) is 5.61. The minimum absolute atomic E-state index is 0.243. The van der Waals surface area contributed by atoms with Gasteiger partial charge in [0.15, 0.2) is 0 Å². The molecule has 0 bridgehead atoms. The third-order valence-corrected chi connectivity index (χ3v) is 6.91. The number of benzene rings is 4. The van der Waals surface area contributed by atoms with Crippen LogP contribution in [0.5, 0.6) is 0 Å². The number of fused-ring (bicyclic) bond motifs is 10. The minimum atomic E-state index is -0.243. The summed E-state index contributed by atoms with van der Waals surface area (Å²) in [4.78, 5) is 3.36. The molecule has 1 N–H and O–H groups in total. The summed E-state index contributed by atoms with van der Waals surface area (Å²) >= 11 is 0. The van der Waals surface area contributed by atoms with Gasteiger partial charge in [-0.3, -0.25) is 0 Å². The maximum absolute atomic E-state index is 3.36. The lowest BCUT2D eigenvalue weighted by Gasteiger charge is -2.30. The monoisotopic (exact) mass is 381 g/mol. The molecule has 2 aliphatic carbocycles. The molecule has 0 radical (unpaired) electrons. The Hall–Kier alpha value is -3.84. The molecule has 0 saturated heterocycles. The highest BCUT2D eigenvalue weighted by Gasteiger charge is 2.51. The number of nitrogens with one attached hydrogen (secondary N) is 1. The molecule has 1 aromatic heterocycles. The molecule has 0 unspecified atom stereocenters. The Morgan fingerprint density at radius 1 is 0.467 bits per heavy atom. The van der Waals surface area contributed by atoms with Crippen molar-refractivity contribution in [2.24, 2.45) is 0 Å². The van der Waals surface area contributed by atoms with Crippen LogP contribution in [-0.4, -0.2) is 4.98 Å². The number of rotatable bonds is 1. The lowest BCUT2D eigenvalue weighted by Crippen LogP contribution is -2.25. The van der Waals surface area contributed by atoms with Crippen LogP contribution < -0.4 is 0 Å².